The normalized spacial score (nSPS) is 23.8. The summed E-state index contributed by atoms with van der Waals surface area (Å²) in [5.41, 5.74) is -1.78. The fourth-order valence-electron chi connectivity index (χ4n) is 3.16. The molecular weight excluding hydrogens is 323 g/mol. The SMILES string of the molecule is [2H]c1c([2H])c([2H])c2c(oc3c4c([2H])c([2H])c([2H])c([2H])c4c([2H])c(B4OC(C)(C)C(C)(C)O4)c32)c1[2H]. The molecule has 26 heavy (non-hydrogen) atoms. The average Bonchev–Trinajstić information content (AvgIpc) is 3.26. The lowest BCUT2D eigenvalue weighted by Crippen LogP contribution is -2.41. The first-order valence-corrected chi connectivity index (χ1v) is 8.33. The third-order valence-corrected chi connectivity index (χ3v) is 5.27. The van der Waals surface area contributed by atoms with E-state index in [4.69, 9.17) is 26.1 Å². The Labute approximate surface area is 165 Å². The van der Waals surface area contributed by atoms with Gasteiger partial charge in [-0.3, -0.25) is 0 Å². The second-order valence-electron chi connectivity index (χ2n) is 7.39. The maximum Gasteiger partial charge on any atom is 0.495 e. The molecule has 3 aromatic carbocycles. The molecule has 0 N–H and O–H groups in total. The molecule has 0 saturated carbocycles. The van der Waals surface area contributed by atoms with E-state index in [9.17, 15) is 0 Å². The van der Waals surface area contributed by atoms with Crippen molar-refractivity contribution < 1.29 is 26.1 Å². The third kappa shape index (κ3) is 2.09. The van der Waals surface area contributed by atoms with E-state index in [1.165, 1.54) is 0 Å². The van der Waals surface area contributed by atoms with Gasteiger partial charge < -0.3 is 13.7 Å². The van der Waals surface area contributed by atoms with Crippen LogP contribution in [0.4, 0.5) is 0 Å². The van der Waals surface area contributed by atoms with Crippen molar-refractivity contribution in [1.82, 2.24) is 0 Å². The lowest BCUT2D eigenvalue weighted by Gasteiger charge is -2.32. The Balaban J connectivity index is 2.10. The van der Waals surface area contributed by atoms with Gasteiger partial charge >= 0.3 is 7.12 Å². The van der Waals surface area contributed by atoms with Crippen molar-refractivity contribution in [2.75, 3.05) is 0 Å². The third-order valence-electron chi connectivity index (χ3n) is 5.27. The van der Waals surface area contributed by atoms with Gasteiger partial charge in [-0.1, -0.05) is 48.3 Å². The molecule has 1 aliphatic heterocycles. The molecule has 3 nitrogen and oxygen atoms in total. The van der Waals surface area contributed by atoms with Crippen molar-refractivity contribution in [3.8, 4) is 0 Å². The number of hydrogen-bond donors (Lipinski definition) is 0. The highest BCUT2D eigenvalue weighted by Crippen LogP contribution is 2.39. The number of benzene rings is 3. The maximum atomic E-state index is 9.04. The van der Waals surface area contributed by atoms with Gasteiger partial charge in [-0.05, 0) is 44.6 Å². The molecular formula is C22H21BO3. The van der Waals surface area contributed by atoms with Crippen LogP contribution in [-0.4, -0.2) is 18.3 Å². The minimum atomic E-state index is -1.16. The van der Waals surface area contributed by atoms with Crippen LogP contribution in [0.3, 0.4) is 0 Å². The van der Waals surface area contributed by atoms with E-state index in [-0.39, 0.29) is 44.2 Å². The number of hydrogen-bond acceptors (Lipinski definition) is 3. The molecule has 4 aromatic rings. The first-order chi connectivity index (χ1) is 16.1. The largest absolute Gasteiger partial charge is 0.495 e. The van der Waals surface area contributed by atoms with Crippen LogP contribution in [0.2, 0.25) is 0 Å². The molecule has 1 fully saturated rings. The summed E-state index contributed by atoms with van der Waals surface area (Å²) in [6.45, 7) is 7.28. The van der Waals surface area contributed by atoms with Gasteiger partial charge in [0.25, 0.3) is 0 Å². The first kappa shape index (κ1) is 9.07. The average molecular weight is 353 g/mol. The van der Waals surface area contributed by atoms with Gasteiger partial charge in [0, 0.05) is 16.2 Å². The highest BCUT2D eigenvalue weighted by molar-refractivity contribution is 6.66. The number of rotatable bonds is 1. The monoisotopic (exact) mass is 353 g/mol. The van der Waals surface area contributed by atoms with E-state index in [1.807, 2.05) is 27.7 Å². The van der Waals surface area contributed by atoms with Crippen molar-refractivity contribution in [1.29, 1.82) is 0 Å². The Kier molecular flexibility index (Phi) is 1.79. The Morgan fingerprint density at radius 1 is 0.846 bits per heavy atom. The Morgan fingerprint density at radius 3 is 2.19 bits per heavy atom. The molecule has 1 saturated heterocycles. The van der Waals surface area contributed by atoms with E-state index < -0.39 is 66.7 Å². The molecule has 130 valence electrons. The highest BCUT2D eigenvalue weighted by atomic mass is 16.7. The zero-order valence-corrected chi connectivity index (χ0v) is 14.8. The zero-order valence-electron chi connectivity index (χ0n) is 23.8. The van der Waals surface area contributed by atoms with Crippen molar-refractivity contribution in [3.05, 3.63) is 54.4 Å². The van der Waals surface area contributed by atoms with Gasteiger partial charge in [0.05, 0.1) is 23.5 Å². The van der Waals surface area contributed by atoms with Crippen LogP contribution in [-0.2, 0) is 9.31 Å². The van der Waals surface area contributed by atoms with Crippen molar-refractivity contribution in [2.45, 2.75) is 38.9 Å². The molecule has 1 aliphatic rings. The lowest BCUT2D eigenvalue weighted by molar-refractivity contribution is 0.00578. The van der Waals surface area contributed by atoms with E-state index in [0.717, 1.165) is 0 Å². The molecule has 2 heterocycles. The molecule has 0 bridgehead atoms. The van der Waals surface area contributed by atoms with Gasteiger partial charge in [-0.15, -0.1) is 0 Å². The predicted octanol–water partition coefficient (Wildman–Crippen LogP) is 5.04. The zero-order chi connectivity index (χ0) is 25.9. The van der Waals surface area contributed by atoms with Crippen molar-refractivity contribution >= 4 is 45.3 Å². The van der Waals surface area contributed by atoms with Gasteiger partial charge in [0.15, 0.2) is 0 Å². The van der Waals surface area contributed by atoms with E-state index in [0.29, 0.717) is 0 Å². The standard InChI is InChI=1S/C22H21BO3/c1-21(2)22(3,4)26-23(25-21)17-13-14-9-5-6-10-15(14)20-19(17)16-11-7-8-12-18(16)24-20/h5-13H,1-4H3/i5D,6D,7D,8D,9D,10D,11D,12D,13D. The summed E-state index contributed by atoms with van der Waals surface area (Å²) >= 11 is 0. The molecule has 0 aliphatic carbocycles. The molecule has 5 rings (SSSR count). The van der Waals surface area contributed by atoms with Gasteiger partial charge in [0.1, 0.15) is 11.2 Å². The van der Waals surface area contributed by atoms with Crippen LogP contribution in [0.5, 0.6) is 0 Å². The van der Waals surface area contributed by atoms with E-state index in [2.05, 4.69) is 0 Å². The quantitative estimate of drug-likeness (QED) is 0.450. The number of furan rings is 1. The summed E-state index contributed by atoms with van der Waals surface area (Å²) in [6.07, 6.45) is 0. The van der Waals surface area contributed by atoms with Gasteiger partial charge in [0.2, 0.25) is 0 Å². The summed E-state index contributed by atoms with van der Waals surface area (Å²) < 4.78 is 93.8. The summed E-state index contributed by atoms with van der Waals surface area (Å²) in [7, 11) is -1.16. The number of para-hydroxylation sites is 1. The number of fused-ring (bicyclic) bond motifs is 5. The summed E-state index contributed by atoms with van der Waals surface area (Å²) in [5.74, 6) is 0. The topological polar surface area (TPSA) is 31.6 Å². The second kappa shape index (κ2) is 5.12. The second-order valence-corrected chi connectivity index (χ2v) is 7.39. The van der Waals surface area contributed by atoms with Crippen LogP contribution in [0, 0.1) is 0 Å². The Bertz CT molecular complexity index is 1590. The van der Waals surface area contributed by atoms with Crippen molar-refractivity contribution in [2.24, 2.45) is 0 Å². The van der Waals surface area contributed by atoms with E-state index >= 15 is 0 Å². The fraction of sp³-hybridized carbons (Fsp3) is 0.273. The van der Waals surface area contributed by atoms with Gasteiger partial charge in [-0.2, -0.15) is 0 Å². The molecule has 0 amide bonds. The molecule has 1 aromatic heterocycles. The van der Waals surface area contributed by atoms with Gasteiger partial charge in [-0.25, -0.2) is 0 Å². The van der Waals surface area contributed by atoms with Crippen molar-refractivity contribution in [3.63, 3.8) is 0 Å². The maximum absolute atomic E-state index is 9.04. The highest BCUT2D eigenvalue weighted by Gasteiger charge is 2.52. The predicted molar refractivity (Wildman–Crippen MR) is 107 cm³/mol. The van der Waals surface area contributed by atoms with Crippen LogP contribution in [0.15, 0.2) is 58.8 Å². The van der Waals surface area contributed by atoms with E-state index in [1.54, 1.807) is 0 Å². The summed E-state index contributed by atoms with van der Waals surface area (Å²) in [6, 6.07) is -4.02. The molecule has 0 spiro atoms. The minimum absolute atomic E-state index is 0.00137. The molecule has 4 heteroatoms. The van der Waals surface area contributed by atoms with Crippen LogP contribution in [0.1, 0.15) is 40.0 Å². The summed E-state index contributed by atoms with van der Waals surface area (Å²) in [5, 5.41) is -0.0848. The molecule has 0 atom stereocenters. The summed E-state index contributed by atoms with van der Waals surface area (Å²) in [4.78, 5) is 0. The molecule has 0 unspecified atom stereocenters. The van der Waals surface area contributed by atoms with Crippen LogP contribution < -0.4 is 5.46 Å². The fourth-order valence-corrected chi connectivity index (χ4v) is 3.16. The Hall–Kier alpha value is -2.30. The van der Waals surface area contributed by atoms with Crippen LogP contribution in [0.25, 0.3) is 32.7 Å². The first-order valence-electron chi connectivity index (χ1n) is 12.8. The van der Waals surface area contributed by atoms with Crippen LogP contribution >= 0.6 is 0 Å². The minimum Gasteiger partial charge on any atom is -0.455 e. The molecule has 0 radical (unpaired) electrons. The lowest BCUT2D eigenvalue weighted by atomic mass is 9.75. The Morgan fingerprint density at radius 2 is 1.46 bits per heavy atom. The smallest absolute Gasteiger partial charge is 0.455 e.